The number of thioether (sulfide) groups is 1. The van der Waals surface area contributed by atoms with Crippen molar-refractivity contribution < 1.29 is 14.4 Å². The Balaban J connectivity index is 0.000000677. The summed E-state index contributed by atoms with van der Waals surface area (Å²) in [7, 11) is 0. The monoisotopic (exact) mass is 861 g/mol. The summed E-state index contributed by atoms with van der Waals surface area (Å²) in [5.74, 6) is 1.64. The first-order valence-electron chi connectivity index (χ1n) is 21.0. The Morgan fingerprint density at radius 1 is 0.781 bits per heavy atom. The standard InChI is InChI=1S/C48H40N8O.C3H3NO2S/c1-3-15-44-50-45-34(2)30-37(47(57)54-29-28-49-33-54)31-43(45)55(44)32-35-24-26-36(27-25-35)41-22-13-14-23-42(41)46-51-52-53-56(46)48(38-16-7-4-8-17-38,39-18-9-5-10-19-39)40-20-11-6-12-21-40;5-2-1-7-3(6)4-2/h4-14,16-31,33H,3,15,32H2,1-2H3;1H2,(H,4,5,6). The molecule has 1 aliphatic heterocycles. The van der Waals surface area contributed by atoms with E-state index in [2.05, 4.69) is 142 Å². The number of imidazole rings is 2. The van der Waals surface area contributed by atoms with E-state index >= 15 is 0 Å². The molecule has 13 heteroatoms. The van der Waals surface area contributed by atoms with Crippen molar-refractivity contribution >= 4 is 39.8 Å². The molecule has 1 saturated heterocycles. The molecule has 9 aromatic rings. The molecule has 2 amide bonds. The minimum atomic E-state index is -0.870. The van der Waals surface area contributed by atoms with Gasteiger partial charge in [0, 0.05) is 36.5 Å². The highest BCUT2D eigenvalue weighted by atomic mass is 32.2. The molecule has 64 heavy (non-hydrogen) atoms. The molecule has 0 aliphatic carbocycles. The van der Waals surface area contributed by atoms with Crippen LogP contribution in [-0.4, -0.2) is 62.1 Å². The number of carbonyl (C=O) groups excluding carboxylic acids is 3. The maximum atomic E-state index is 13.4. The zero-order valence-corrected chi connectivity index (χ0v) is 36.0. The summed E-state index contributed by atoms with van der Waals surface area (Å²) < 4.78 is 5.74. The normalized spacial score (nSPS) is 12.5. The fraction of sp³-hybridized carbons (Fsp3) is 0.137. The van der Waals surface area contributed by atoms with Crippen molar-refractivity contribution in [3.8, 4) is 22.5 Å². The molecule has 0 saturated carbocycles. The number of fused-ring (bicyclic) bond motifs is 1. The molecule has 0 spiro atoms. The lowest BCUT2D eigenvalue weighted by atomic mass is 9.77. The van der Waals surface area contributed by atoms with Gasteiger partial charge in [0.25, 0.3) is 11.1 Å². The molecule has 10 rings (SSSR count). The smallest absolute Gasteiger partial charge is 0.286 e. The highest BCUT2D eigenvalue weighted by Crippen LogP contribution is 2.43. The first kappa shape index (κ1) is 41.6. The molecule has 4 heterocycles. The number of hydrogen-bond donors (Lipinski definition) is 1. The first-order valence-corrected chi connectivity index (χ1v) is 22.0. The van der Waals surface area contributed by atoms with Crippen LogP contribution < -0.4 is 5.32 Å². The van der Waals surface area contributed by atoms with Gasteiger partial charge in [-0.15, -0.1) is 5.10 Å². The number of hydrogen-bond acceptors (Lipinski definition) is 9. The third kappa shape index (κ3) is 8.04. The number of carbonyl (C=O) groups is 3. The Morgan fingerprint density at radius 2 is 1.41 bits per heavy atom. The predicted molar refractivity (Wildman–Crippen MR) is 249 cm³/mol. The fourth-order valence-corrected chi connectivity index (χ4v) is 8.91. The summed E-state index contributed by atoms with van der Waals surface area (Å²) in [5, 5.41) is 15.8. The van der Waals surface area contributed by atoms with Gasteiger partial charge in [-0.1, -0.05) is 158 Å². The number of aryl methyl sites for hydroxylation is 2. The molecule has 1 N–H and O–H groups in total. The molecule has 1 aliphatic rings. The van der Waals surface area contributed by atoms with Crippen molar-refractivity contribution in [3.63, 3.8) is 0 Å². The van der Waals surface area contributed by atoms with Crippen molar-refractivity contribution in [2.75, 3.05) is 5.75 Å². The highest BCUT2D eigenvalue weighted by molar-refractivity contribution is 8.14. The zero-order valence-electron chi connectivity index (χ0n) is 35.2. The molecule has 6 aromatic carbocycles. The van der Waals surface area contributed by atoms with Gasteiger partial charge in [0.15, 0.2) is 5.82 Å². The third-order valence-corrected chi connectivity index (χ3v) is 12.1. The van der Waals surface area contributed by atoms with Crippen LogP contribution in [0.25, 0.3) is 33.5 Å². The number of tetrazole rings is 1. The van der Waals surface area contributed by atoms with Crippen molar-refractivity contribution in [2.24, 2.45) is 0 Å². The maximum absolute atomic E-state index is 13.4. The van der Waals surface area contributed by atoms with Crippen molar-refractivity contribution in [3.05, 3.63) is 210 Å². The minimum Gasteiger partial charge on any atom is -0.323 e. The number of nitrogens with zero attached hydrogens (tertiary/aromatic N) is 8. The van der Waals surface area contributed by atoms with Gasteiger partial charge in [0.05, 0.1) is 16.8 Å². The Morgan fingerprint density at radius 3 is 1.95 bits per heavy atom. The summed E-state index contributed by atoms with van der Waals surface area (Å²) in [6.45, 7) is 4.80. The Hall–Kier alpha value is -7.77. The number of imide groups is 1. The minimum absolute atomic E-state index is 0.120. The van der Waals surface area contributed by atoms with Gasteiger partial charge in [-0.25, -0.2) is 14.6 Å². The van der Waals surface area contributed by atoms with E-state index in [9.17, 15) is 14.4 Å². The molecule has 1 fully saturated rings. The van der Waals surface area contributed by atoms with Crippen LogP contribution in [-0.2, 0) is 23.3 Å². The SMILES string of the molecule is CCCc1nc2c(C)cc(C(=O)n3ccnc3)cc2n1Cc1ccc(-c2ccccc2-c2nnnn2C(c2ccccc2)(c2ccccc2)c2ccccc2)cc1.O=C1CSC(=O)N1. The van der Waals surface area contributed by atoms with Crippen LogP contribution in [0.2, 0.25) is 0 Å². The van der Waals surface area contributed by atoms with Gasteiger partial charge >= 0.3 is 0 Å². The molecule has 0 radical (unpaired) electrons. The molecular formula is C51H43N9O3S. The van der Waals surface area contributed by atoms with Gasteiger partial charge in [-0.2, -0.15) is 0 Å². The van der Waals surface area contributed by atoms with Crippen LogP contribution in [0.5, 0.6) is 0 Å². The molecule has 316 valence electrons. The third-order valence-electron chi connectivity index (χ3n) is 11.3. The van der Waals surface area contributed by atoms with Gasteiger partial charge in [0.1, 0.15) is 17.7 Å². The average molecular weight is 862 g/mol. The quantitative estimate of drug-likeness (QED) is 0.126. The number of nitrogens with one attached hydrogen (secondary N) is 1. The second kappa shape index (κ2) is 18.3. The Labute approximate surface area is 374 Å². The zero-order chi connectivity index (χ0) is 44.0. The summed E-state index contributed by atoms with van der Waals surface area (Å²) >= 11 is 1.01. The highest BCUT2D eigenvalue weighted by Gasteiger charge is 2.42. The fourth-order valence-electron chi connectivity index (χ4n) is 8.39. The molecule has 0 unspecified atom stereocenters. The van der Waals surface area contributed by atoms with Crippen molar-refractivity contribution in [1.82, 2.24) is 44.6 Å². The van der Waals surface area contributed by atoms with Crippen LogP contribution in [0.15, 0.2) is 170 Å². The van der Waals surface area contributed by atoms with E-state index in [1.807, 2.05) is 48.0 Å². The van der Waals surface area contributed by atoms with Crippen LogP contribution in [0.3, 0.4) is 0 Å². The van der Waals surface area contributed by atoms with Gasteiger partial charge in [-0.05, 0) is 74.8 Å². The van der Waals surface area contributed by atoms with E-state index in [-0.39, 0.29) is 17.1 Å². The van der Waals surface area contributed by atoms with E-state index in [0.29, 0.717) is 23.7 Å². The molecule has 3 aromatic heterocycles. The topological polar surface area (TPSA) is 142 Å². The Bertz CT molecular complexity index is 2970. The lowest BCUT2D eigenvalue weighted by Gasteiger charge is -2.36. The van der Waals surface area contributed by atoms with Gasteiger partial charge in [-0.3, -0.25) is 24.3 Å². The van der Waals surface area contributed by atoms with Crippen LogP contribution in [0.4, 0.5) is 4.79 Å². The van der Waals surface area contributed by atoms with E-state index in [1.54, 1.807) is 12.4 Å². The van der Waals surface area contributed by atoms with Gasteiger partial charge < -0.3 is 4.57 Å². The second-order valence-electron chi connectivity index (χ2n) is 15.4. The number of amides is 2. The van der Waals surface area contributed by atoms with Crippen molar-refractivity contribution in [1.29, 1.82) is 0 Å². The molecule has 0 atom stereocenters. The van der Waals surface area contributed by atoms with E-state index in [4.69, 9.17) is 15.3 Å². The molecule has 12 nitrogen and oxygen atoms in total. The summed E-state index contributed by atoms with van der Waals surface area (Å²) in [6.07, 6.45) is 6.61. The first-order chi connectivity index (χ1) is 31.3. The van der Waals surface area contributed by atoms with E-state index in [0.717, 1.165) is 86.0 Å². The number of benzene rings is 6. The summed E-state index contributed by atoms with van der Waals surface area (Å²) in [6, 6.07) is 52.2. The van der Waals surface area contributed by atoms with Crippen molar-refractivity contribution in [2.45, 2.75) is 38.8 Å². The molecular weight excluding hydrogens is 819 g/mol. The van der Waals surface area contributed by atoms with Gasteiger partial charge in [0.2, 0.25) is 5.91 Å². The predicted octanol–water partition coefficient (Wildman–Crippen LogP) is 9.36. The number of aromatic nitrogens is 8. The Kier molecular flexibility index (Phi) is 11.9. The maximum Gasteiger partial charge on any atom is 0.286 e. The summed E-state index contributed by atoms with van der Waals surface area (Å²) in [4.78, 5) is 42.7. The lowest BCUT2D eigenvalue weighted by molar-refractivity contribution is -0.117. The largest absolute Gasteiger partial charge is 0.323 e. The number of rotatable bonds is 11. The molecule has 0 bridgehead atoms. The average Bonchev–Trinajstić information content (AvgIpc) is 4.18. The van der Waals surface area contributed by atoms with Crippen LogP contribution in [0.1, 0.15) is 57.3 Å². The second-order valence-corrected chi connectivity index (χ2v) is 16.3. The summed E-state index contributed by atoms with van der Waals surface area (Å²) in [5.41, 5.74) is 9.79. The van der Waals surface area contributed by atoms with E-state index in [1.165, 1.54) is 10.9 Å². The lowest BCUT2D eigenvalue weighted by Crippen LogP contribution is -2.39. The van der Waals surface area contributed by atoms with Crippen LogP contribution in [0, 0.1) is 6.92 Å². The van der Waals surface area contributed by atoms with E-state index < -0.39 is 5.54 Å². The van der Waals surface area contributed by atoms with Crippen LogP contribution >= 0.6 is 11.8 Å².